The van der Waals surface area contributed by atoms with Gasteiger partial charge >= 0.3 is 6.18 Å². The molecule has 9 heteroatoms. The van der Waals surface area contributed by atoms with E-state index < -0.39 is 12.8 Å². The minimum absolute atomic E-state index is 0.0560. The SMILES string of the molecule is O=C(CCC(=O)N1CCOCC1)NCc1cccc(OCC(F)(F)F)c1. The highest BCUT2D eigenvalue weighted by Gasteiger charge is 2.28. The number of hydrogen-bond donors (Lipinski definition) is 1. The van der Waals surface area contributed by atoms with Gasteiger partial charge in [-0.15, -0.1) is 0 Å². The van der Waals surface area contributed by atoms with E-state index in [9.17, 15) is 22.8 Å². The predicted molar refractivity (Wildman–Crippen MR) is 86.5 cm³/mol. The average Bonchev–Trinajstić information content (AvgIpc) is 2.63. The van der Waals surface area contributed by atoms with Crippen molar-refractivity contribution in [3.63, 3.8) is 0 Å². The van der Waals surface area contributed by atoms with Crippen LogP contribution < -0.4 is 10.1 Å². The van der Waals surface area contributed by atoms with Crippen molar-refractivity contribution in [3.8, 4) is 5.75 Å². The molecule has 0 bridgehead atoms. The minimum Gasteiger partial charge on any atom is -0.484 e. The monoisotopic (exact) mass is 374 g/mol. The number of halogens is 3. The summed E-state index contributed by atoms with van der Waals surface area (Å²) in [5, 5.41) is 2.64. The van der Waals surface area contributed by atoms with Crippen molar-refractivity contribution in [2.75, 3.05) is 32.9 Å². The Hall–Kier alpha value is -2.29. The van der Waals surface area contributed by atoms with Crippen LogP contribution in [0.1, 0.15) is 18.4 Å². The normalized spacial score (nSPS) is 14.8. The number of nitrogens with zero attached hydrogens (tertiary/aromatic N) is 1. The molecule has 1 heterocycles. The molecule has 0 spiro atoms. The summed E-state index contributed by atoms with van der Waals surface area (Å²) in [6.45, 7) is 0.853. The first-order chi connectivity index (χ1) is 12.3. The smallest absolute Gasteiger partial charge is 0.422 e. The molecule has 26 heavy (non-hydrogen) atoms. The third-order valence-corrected chi connectivity index (χ3v) is 3.72. The lowest BCUT2D eigenvalue weighted by Crippen LogP contribution is -2.41. The Labute approximate surface area is 149 Å². The highest BCUT2D eigenvalue weighted by Crippen LogP contribution is 2.19. The number of ether oxygens (including phenoxy) is 2. The fourth-order valence-corrected chi connectivity index (χ4v) is 2.39. The summed E-state index contributed by atoms with van der Waals surface area (Å²) in [5.74, 6) is -0.309. The molecule has 1 aliphatic heterocycles. The molecule has 0 atom stereocenters. The van der Waals surface area contributed by atoms with Gasteiger partial charge in [0.1, 0.15) is 5.75 Å². The second-order valence-corrected chi connectivity index (χ2v) is 5.82. The maximum Gasteiger partial charge on any atom is 0.422 e. The van der Waals surface area contributed by atoms with Crippen LogP contribution in [0.15, 0.2) is 24.3 Å². The van der Waals surface area contributed by atoms with E-state index in [4.69, 9.17) is 4.74 Å². The van der Waals surface area contributed by atoms with E-state index in [1.54, 1.807) is 17.0 Å². The van der Waals surface area contributed by atoms with Gasteiger partial charge in [0, 0.05) is 32.5 Å². The molecule has 0 radical (unpaired) electrons. The molecule has 0 aromatic heterocycles. The van der Waals surface area contributed by atoms with Crippen LogP contribution in [0.3, 0.4) is 0 Å². The lowest BCUT2D eigenvalue weighted by molar-refractivity contribution is -0.153. The number of benzene rings is 1. The van der Waals surface area contributed by atoms with Crippen LogP contribution in [-0.4, -0.2) is 55.8 Å². The summed E-state index contributed by atoms with van der Waals surface area (Å²) in [6, 6.07) is 6.07. The number of carbonyl (C=O) groups excluding carboxylic acids is 2. The molecule has 2 rings (SSSR count). The molecular weight excluding hydrogens is 353 g/mol. The van der Waals surface area contributed by atoms with Gasteiger partial charge in [-0.1, -0.05) is 12.1 Å². The average molecular weight is 374 g/mol. The zero-order chi connectivity index (χ0) is 19.0. The van der Waals surface area contributed by atoms with E-state index in [2.05, 4.69) is 10.1 Å². The van der Waals surface area contributed by atoms with Crippen LogP contribution in [0, 0.1) is 0 Å². The van der Waals surface area contributed by atoms with Gasteiger partial charge in [0.05, 0.1) is 13.2 Å². The van der Waals surface area contributed by atoms with Crippen molar-refractivity contribution >= 4 is 11.8 Å². The molecule has 1 aliphatic rings. The van der Waals surface area contributed by atoms with Crippen LogP contribution in [0.5, 0.6) is 5.75 Å². The fourth-order valence-electron chi connectivity index (χ4n) is 2.39. The Kier molecular flexibility index (Phi) is 7.26. The number of morpholine rings is 1. The van der Waals surface area contributed by atoms with E-state index in [-0.39, 0.29) is 37.0 Å². The van der Waals surface area contributed by atoms with E-state index in [0.29, 0.717) is 31.9 Å². The summed E-state index contributed by atoms with van der Waals surface area (Å²) in [5.41, 5.74) is 0.609. The first kappa shape index (κ1) is 20.0. The van der Waals surface area contributed by atoms with E-state index in [0.717, 1.165) is 0 Å². The van der Waals surface area contributed by atoms with Crippen molar-refractivity contribution in [1.82, 2.24) is 10.2 Å². The summed E-state index contributed by atoms with van der Waals surface area (Å²) in [4.78, 5) is 25.5. The molecule has 0 unspecified atom stereocenters. The molecule has 144 valence electrons. The number of hydrogen-bond acceptors (Lipinski definition) is 4. The van der Waals surface area contributed by atoms with Gasteiger partial charge in [0.25, 0.3) is 0 Å². The van der Waals surface area contributed by atoms with Crippen LogP contribution in [0.25, 0.3) is 0 Å². The molecular formula is C17H21F3N2O4. The van der Waals surface area contributed by atoms with Gasteiger partial charge in [0.15, 0.2) is 6.61 Å². The number of amides is 2. The topological polar surface area (TPSA) is 67.9 Å². The Balaban J connectivity index is 1.72. The molecule has 0 saturated carbocycles. The van der Waals surface area contributed by atoms with E-state index in [1.165, 1.54) is 12.1 Å². The first-order valence-electron chi connectivity index (χ1n) is 8.24. The van der Waals surface area contributed by atoms with E-state index >= 15 is 0 Å². The van der Waals surface area contributed by atoms with Gasteiger partial charge in [-0.25, -0.2) is 0 Å². The zero-order valence-corrected chi connectivity index (χ0v) is 14.2. The van der Waals surface area contributed by atoms with Crippen molar-refractivity contribution in [2.45, 2.75) is 25.6 Å². The van der Waals surface area contributed by atoms with Crippen molar-refractivity contribution in [3.05, 3.63) is 29.8 Å². The summed E-state index contributed by atoms with van der Waals surface area (Å²) >= 11 is 0. The van der Waals surface area contributed by atoms with Gasteiger partial charge < -0.3 is 19.7 Å². The van der Waals surface area contributed by atoms with Crippen LogP contribution in [0.4, 0.5) is 13.2 Å². The van der Waals surface area contributed by atoms with Crippen molar-refractivity contribution in [2.24, 2.45) is 0 Å². The van der Waals surface area contributed by atoms with Gasteiger partial charge in [-0.2, -0.15) is 13.2 Å². The second-order valence-electron chi connectivity index (χ2n) is 5.82. The summed E-state index contributed by atoms with van der Waals surface area (Å²) < 4.78 is 46.3. The van der Waals surface area contributed by atoms with E-state index in [1.807, 2.05) is 0 Å². The number of alkyl halides is 3. The van der Waals surface area contributed by atoms with Crippen molar-refractivity contribution < 1.29 is 32.2 Å². The maximum absolute atomic E-state index is 12.2. The standard InChI is InChI=1S/C17H21F3N2O4/c18-17(19,20)12-26-14-3-1-2-13(10-14)11-21-15(23)4-5-16(24)22-6-8-25-9-7-22/h1-3,10H,4-9,11-12H2,(H,21,23). The number of nitrogens with one attached hydrogen (secondary N) is 1. The predicted octanol–water partition coefficient (Wildman–Crippen LogP) is 1.88. The molecule has 6 nitrogen and oxygen atoms in total. The molecule has 1 aromatic carbocycles. The molecule has 1 saturated heterocycles. The first-order valence-corrected chi connectivity index (χ1v) is 8.24. The number of carbonyl (C=O) groups is 2. The van der Waals surface area contributed by atoms with Crippen LogP contribution in [0.2, 0.25) is 0 Å². The zero-order valence-electron chi connectivity index (χ0n) is 14.2. The number of rotatable bonds is 7. The lowest BCUT2D eigenvalue weighted by Gasteiger charge is -2.26. The third kappa shape index (κ3) is 7.30. The van der Waals surface area contributed by atoms with Gasteiger partial charge in [-0.05, 0) is 17.7 Å². The molecule has 1 aromatic rings. The van der Waals surface area contributed by atoms with Gasteiger partial charge in [0.2, 0.25) is 11.8 Å². The Morgan fingerprint density at radius 3 is 2.62 bits per heavy atom. The molecule has 1 N–H and O–H groups in total. The van der Waals surface area contributed by atoms with Crippen molar-refractivity contribution in [1.29, 1.82) is 0 Å². The Bertz CT molecular complexity index is 616. The van der Waals surface area contributed by atoms with Gasteiger partial charge in [-0.3, -0.25) is 9.59 Å². The highest BCUT2D eigenvalue weighted by atomic mass is 19.4. The maximum atomic E-state index is 12.2. The van der Waals surface area contributed by atoms with Crippen LogP contribution >= 0.6 is 0 Å². The Morgan fingerprint density at radius 2 is 1.92 bits per heavy atom. The molecule has 1 fully saturated rings. The third-order valence-electron chi connectivity index (χ3n) is 3.72. The van der Waals surface area contributed by atoms with Crippen LogP contribution in [-0.2, 0) is 20.9 Å². The Morgan fingerprint density at radius 1 is 1.19 bits per heavy atom. The largest absolute Gasteiger partial charge is 0.484 e. The fraction of sp³-hybridized carbons (Fsp3) is 0.529. The molecule has 2 amide bonds. The lowest BCUT2D eigenvalue weighted by atomic mass is 10.2. The quantitative estimate of drug-likeness (QED) is 0.791. The summed E-state index contributed by atoms with van der Waals surface area (Å²) in [6.07, 6.45) is -4.24. The highest BCUT2D eigenvalue weighted by molar-refractivity contribution is 5.83. The molecule has 0 aliphatic carbocycles. The minimum atomic E-state index is -4.41. The second kappa shape index (κ2) is 9.42. The summed E-state index contributed by atoms with van der Waals surface area (Å²) in [7, 11) is 0.